The summed E-state index contributed by atoms with van der Waals surface area (Å²) in [5.41, 5.74) is 0.661. The van der Waals surface area contributed by atoms with Crippen LogP contribution >= 0.6 is 0 Å². The third-order valence-corrected chi connectivity index (χ3v) is 8.92. The molecule has 184 valence electrons. The molecule has 0 saturated carbocycles. The van der Waals surface area contributed by atoms with E-state index in [1.165, 1.54) is 4.31 Å². The fourth-order valence-corrected chi connectivity index (χ4v) is 6.87. The van der Waals surface area contributed by atoms with E-state index < -0.39 is 28.3 Å². The molecular weight excluding hydrogens is 446 g/mol. The molecule has 33 heavy (non-hydrogen) atoms. The third-order valence-electron chi connectivity index (χ3n) is 6.87. The molecule has 3 aliphatic heterocycles. The molecule has 3 fully saturated rings. The lowest BCUT2D eigenvalue weighted by Crippen LogP contribution is -2.57. The number of aryl methyl sites for hydroxylation is 1. The summed E-state index contributed by atoms with van der Waals surface area (Å²) in [4.78, 5) is 17.1. The summed E-state index contributed by atoms with van der Waals surface area (Å²) in [6.07, 6.45) is -0.255. The minimum absolute atomic E-state index is 0.0390. The Morgan fingerprint density at radius 2 is 1.85 bits per heavy atom. The number of amides is 1. The lowest BCUT2D eigenvalue weighted by molar-refractivity contribution is -0.152. The summed E-state index contributed by atoms with van der Waals surface area (Å²) in [7, 11) is -1.79. The summed E-state index contributed by atoms with van der Waals surface area (Å²) in [6.45, 7) is 5.11. The Labute approximate surface area is 196 Å². The van der Waals surface area contributed by atoms with Gasteiger partial charge in [-0.3, -0.25) is 4.79 Å². The average Bonchev–Trinajstić information content (AvgIpc) is 2.77. The van der Waals surface area contributed by atoms with E-state index in [0.29, 0.717) is 24.8 Å². The molecule has 1 aromatic carbocycles. The van der Waals surface area contributed by atoms with Crippen molar-refractivity contribution in [3.05, 3.63) is 29.8 Å². The number of rotatable bonds is 4. The highest BCUT2D eigenvalue weighted by molar-refractivity contribution is 7.89. The number of sulfonamides is 1. The number of carbonyl (C=O) groups is 1. The molecule has 10 heteroatoms. The standard InChI is InChI=1S/C23H35N3O6S/c1-17-5-3-4-6-22(17)33(29,30)26-14-18(27)15-31-16-21-20(26)8-7-19(32-21)13-23(28)25-11-9-24(2)10-12-25/h3-6,18-21,27H,7-16H2,1-2H3/t18-,19-,20-,21+/m0/s1. The fourth-order valence-electron chi connectivity index (χ4n) is 4.92. The number of fused-ring (bicyclic) bond motifs is 1. The van der Waals surface area contributed by atoms with Crippen molar-refractivity contribution in [3.8, 4) is 0 Å². The molecule has 3 saturated heterocycles. The quantitative estimate of drug-likeness (QED) is 0.667. The van der Waals surface area contributed by atoms with E-state index in [1.54, 1.807) is 31.2 Å². The van der Waals surface area contributed by atoms with Gasteiger partial charge in [0.05, 0.1) is 48.9 Å². The molecule has 0 bridgehead atoms. The van der Waals surface area contributed by atoms with Crippen LogP contribution in [-0.2, 0) is 24.3 Å². The number of benzene rings is 1. The number of hydrogen-bond acceptors (Lipinski definition) is 7. The number of aliphatic hydroxyl groups is 1. The molecular formula is C23H35N3O6S. The molecule has 9 nitrogen and oxygen atoms in total. The maximum Gasteiger partial charge on any atom is 0.243 e. The lowest BCUT2D eigenvalue weighted by Gasteiger charge is -2.44. The normalized spacial score (nSPS) is 30.3. The Hall–Kier alpha value is -1.56. The van der Waals surface area contributed by atoms with Gasteiger partial charge in [0.2, 0.25) is 15.9 Å². The Bertz CT molecular complexity index is 934. The van der Waals surface area contributed by atoms with E-state index in [0.717, 1.165) is 26.2 Å². The number of aliphatic hydroxyl groups excluding tert-OH is 1. The van der Waals surface area contributed by atoms with Gasteiger partial charge in [-0.2, -0.15) is 4.31 Å². The first-order valence-electron chi connectivity index (χ1n) is 11.7. The van der Waals surface area contributed by atoms with Crippen LogP contribution in [0.15, 0.2) is 29.2 Å². The summed E-state index contributed by atoms with van der Waals surface area (Å²) < 4.78 is 40.5. The molecule has 1 aromatic rings. The Balaban J connectivity index is 1.49. The summed E-state index contributed by atoms with van der Waals surface area (Å²) >= 11 is 0. The van der Waals surface area contributed by atoms with E-state index in [1.807, 2.05) is 4.90 Å². The monoisotopic (exact) mass is 481 g/mol. The Morgan fingerprint density at radius 1 is 1.12 bits per heavy atom. The maximum atomic E-state index is 13.6. The zero-order chi connectivity index (χ0) is 23.6. The first-order valence-corrected chi connectivity index (χ1v) is 13.1. The highest BCUT2D eigenvalue weighted by atomic mass is 32.2. The maximum absolute atomic E-state index is 13.6. The minimum Gasteiger partial charge on any atom is -0.389 e. The molecule has 0 spiro atoms. The van der Waals surface area contributed by atoms with Crippen LogP contribution in [0.3, 0.4) is 0 Å². The predicted octanol–water partition coefficient (Wildman–Crippen LogP) is 0.457. The Kier molecular flexibility index (Phi) is 7.72. The van der Waals surface area contributed by atoms with Crippen LogP contribution in [0.1, 0.15) is 24.8 Å². The van der Waals surface area contributed by atoms with Gasteiger partial charge in [0.1, 0.15) is 0 Å². The molecule has 1 N–H and O–H groups in total. The van der Waals surface area contributed by atoms with Gasteiger partial charge in [0.25, 0.3) is 0 Å². The van der Waals surface area contributed by atoms with E-state index >= 15 is 0 Å². The van der Waals surface area contributed by atoms with Crippen molar-refractivity contribution in [2.75, 3.05) is 53.0 Å². The van der Waals surface area contributed by atoms with Gasteiger partial charge in [-0.1, -0.05) is 18.2 Å². The molecule has 3 aliphatic rings. The van der Waals surface area contributed by atoms with Crippen LogP contribution in [0.2, 0.25) is 0 Å². The number of ether oxygens (including phenoxy) is 2. The summed E-state index contributed by atoms with van der Waals surface area (Å²) in [5, 5.41) is 10.4. The number of nitrogens with zero attached hydrogens (tertiary/aromatic N) is 3. The zero-order valence-electron chi connectivity index (χ0n) is 19.4. The van der Waals surface area contributed by atoms with E-state index in [-0.39, 0.29) is 36.7 Å². The van der Waals surface area contributed by atoms with Gasteiger partial charge in [-0.25, -0.2) is 8.42 Å². The third kappa shape index (κ3) is 5.58. The van der Waals surface area contributed by atoms with Crippen molar-refractivity contribution in [2.45, 2.75) is 55.4 Å². The molecule has 1 amide bonds. The topological polar surface area (TPSA) is 99.6 Å². The average molecular weight is 482 g/mol. The first-order chi connectivity index (χ1) is 15.8. The van der Waals surface area contributed by atoms with Crippen molar-refractivity contribution in [3.63, 3.8) is 0 Å². The zero-order valence-corrected chi connectivity index (χ0v) is 20.2. The smallest absolute Gasteiger partial charge is 0.243 e. The predicted molar refractivity (Wildman–Crippen MR) is 122 cm³/mol. The molecule has 3 heterocycles. The number of piperazine rings is 1. The van der Waals surface area contributed by atoms with Crippen molar-refractivity contribution in [2.24, 2.45) is 0 Å². The van der Waals surface area contributed by atoms with Crippen molar-refractivity contribution in [1.29, 1.82) is 0 Å². The SMILES string of the molecule is Cc1ccccc1S(=O)(=O)N1C[C@H](O)COC[C@H]2O[C@H](CC(=O)N3CCN(C)CC3)CC[C@@H]21. The van der Waals surface area contributed by atoms with Crippen molar-refractivity contribution < 1.29 is 27.8 Å². The van der Waals surface area contributed by atoms with Crippen LogP contribution in [0, 0.1) is 6.92 Å². The van der Waals surface area contributed by atoms with Crippen LogP contribution < -0.4 is 0 Å². The van der Waals surface area contributed by atoms with Gasteiger partial charge >= 0.3 is 0 Å². The van der Waals surface area contributed by atoms with E-state index in [2.05, 4.69) is 11.9 Å². The van der Waals surface area contributed by atoms with Crippen LogP contribution in [-0.4, -0.2) is 111 Å². The van der Waals surface area contributed by atoms with Crippen LogP contribution in [0.5, 0.6) is 0 Å². The second-order valence-electron chi connectivity index (χ2n) is 9.36. The second-order valence-corrected chi connectivity index (χ2v) is 11.2. The molecule has 0 radical (unpaired) electrons. The number of hydrogen-bond donors (Lipinski definition) is 1. The summed E-state index contributed by atoms with van der Waals surface area (Å²) in [6, 6.07) is 6.42. The van der Waals surface area contributed by atoms with E-state index in [9.17, 15) is 18.3 Å². The lowest BCUT2D eigenvalue weighted by atomic mass is 9.96. The molecule has 0 unspecified atom stereocenters. The molecule has 4 rings (SSSR count). The minimum atomic E-state index is -3.84. The van der Waals surface area contributed by atoms with Crippen LogP contribution in [0.4, 0.5) is 0 Å². The number of β-amino-alcohol motifs (C(OH)–C–C–N with tert-alkyl or cyclic N) is 1. The van der Waals surface area contributed by atoms with Gasteiger partial charge in [0, 0.05) is 32.7 Å². The second kappa shape index (κ2) is 10.4. The van der Waals surface area contributed by atoms with Crippen molar-refractivity contribution >= 4 is 15.9 Å². The molecule has 0 aliphatic carbocycles. The fraction of sp³-hybridized carbons (Fsp3) is 0.696. The summed E-state index contributed by atoms with van der Waals surface area (Å²) in [5.74, 6) is 0.0816. The molecule has 0 aromatic heterocycles. The largest absolute Gasteiger partial charge is 0.389 e. The van der Waals surface area contributed by atoms with Gasteiger partial charge in [0.15, 0.2) is 0 Å². The highest BCUT2D eigenvalue weighted by Crippen LogP contribution is 2.32. The van der Waals surface area contributed by atoms with Gasteiger partial charge in [-0.05, 0) is 38.4 Å². The van der Waals surface area contributed by atoms with Crippen molar-refractivity contribution in [1.82, 2.24) is 14.1 Å². The Morgan fingerprint density at radius 3 is 2.58 bits per heavy atom. The van der Waals surface area contributed by atoms with Gasteiger partial charge < -0.3 is 24.4 Å². The van der Waals surface area contributed by atoms with Gasteiger partial charge in [-0.15, -0.1) is 0 Å². The van der Waals surface area contributed by atoms with E-state index in [4.69, 9.17) is 9.47 Å². The van der Waals surface area contributed by atoms with Crippen LogP contribution in [0.25, 0.3) is 0 Å². The molecule has 4 atom stereocenters. The first kappa shape index (κ1) is 24.6. The highest BCUT2D eigenvalue weighted by Gasteiger charge is 2.43. The number of likely N-dealkylation sites (N-methyl/N-ethyl adjacent to an activating group) is 1. The number of carbonyl (C=O) groups excluding carboxylic acids is 1.